The highest BCUT2D eigenvalue weighted by Crippen LogP contribution is 2.35. The minimum absolute atomic E-state index is 0.0936. The molecule has 12 heteroatoms. The number of hydrogen-bond donors (Lipinski definition) is 2. The van der Waals surface area contributed by atoms with E-state index in [2.05, 4.69) is 5.32 Å². The molecule has 2 N–H and O–H groups in total. The highest BCUT2D eigenvalue weighted by atomic mass is 32.2. The lowest BCUT2D eigenvalue weighted by Gasteiger charge is -2.14. The van der Waals surface area contributed by atoms with Gasteiger partial charge in [0.25, 0.3) is 15.5 Å². The Balaban J connectivity index is 2.30. The van der Waals surface area contributed by atoms with Crippen LogP contribution in [-0.4, -0.2) is 30.5 Å². The molecule has 0 heterocycles. The van der Waals surface area contributed by atoms with Crippen LogP contribution in [0.1, 0.15) is 11.7 Å². The topological polar surface area (TPSA) is 110 Å². The molecule has 7 nitrogen and oxygen atoms in total. The van der Waals surface area contributed by atoms with Crippen molar-refractivity contribution in [2.24, 2.45) is 0 Å². The summed E-state index contributed by atoms with van der Waals surface area (Å²) in [7, 11) is -5.76. The molecule has 0 aliphatic rings. The average molecular weight is 408 g/mol. The van der Waals surface area contributed by atoms with Crippen LogP contribution in [0.25, 0.3) is 0 Å². The van der Waals surface area contributed by atoms with E-state index >= 15 is 0 Å². The molecule has 2 aromatic rings. The third-order valence-electron chi connectivity index (χ3n) is 3.53. The van der Waals surface area contributed by atoms with E-state index in [4.69, 9.17) is 0 Å². The van der Waals surface area contributed by atoms with Gasteiger partial charge in [-0.25, -0.2) is 12.8 Å². The van der Waals surface area contributed by atoms with Crippen molar-refractivity contribution in [2.75, 3.05) is 11.9 Å². The summed E-state index contributed by atoms with van der Waals surface area (Å²) in [5.41, 5.74) is -6.99. The number of aliphatic hydroxyl groups is 1. The SMILES string of the molecule is O=[N+]([O-])c1cc(S(=O)(=O)C(F)(F)F)ccc1NC[C@H](O)c1ccccc1F. The molecule has 0 fully saturated rings. The van der Waals surface area contributed by atoms with E-state index in [1.54, 1.807) is 0 Å². The zero-order valence-corrected chi connectivity index (χ0v) is 14.1. The van der Waals surface area contributed by atoms with Gasteiger partial charge < -0.3 is 10.4 Å². The number of aliphatic hydroxyl groups excluding tert-OH is 1. The Morgan fingerprint density at radius 3 is 2.37 bits per heavy atom. The fourth-order valence-electron chi connectivity index (χ4n) is 2.17. The van der Waals surface area contributed by atoms with Crippen molar-refractivity contribution in [1.82, 2.24) is 0 Å². The molecule has 2 aromatic carbocycles. The molecule has 0 spiro atoms. The van der Waals surface area contributed by atoms with Crippen molar-refractivity contribution < 1.29 is 36.0 Å². The summed E-state index contributed by atoms with van der Waals surface area (Å²) >= 11 is 0. The predicted octanol–water partition coefficient (Wildman–Crippen LogP) is 3.17. The number of hydrogen-bond acceptors (Lipinski definition) is 6. The quantitative estimate of drug-likeness (QED) is 0.432. The van der Waals surface area contributed by atoms with Crippen molar-refractivity contribution in [1.29, 1.82) is 0 Å². The van der Waals surface area contributed by atoms with E-state index in [1.165, 1.54) is 18.2 Å². The Labute approximate surface area is 150 Å². The minimum Gasteiger partial charge on any atom is -0.386 e. The molecule has 2 rings (SSSR count). The van der Waals surface area contributed by atoms with Crippen LogP contribution in [0, 0.1) is 15.9 Å². The van der Waals surface area contributed by atoms with Gasteiger partial charge in [0.15, 0.2) is 0 Å². The summed E-state index contributed by atoms with van der Waals surface area (Å²) in [6.45, 7) is -0.410. The van der Waals surface area contributed by atoms with Crippen LogP contribution in [0.5, 0.6) is 0 Å². The van der Waals surface area contributed by atoms with Crippen LogP contribution in [0.4, 0.5) is 28.9 Å². The number of nitro groups is 1. The zero-order valence-electron chi connectivity index (χ0n) is 13.3. The van der Waals surface area contributed by atoms with Gasteiger partial charge in [-0.15, -0.1) is 0 Å². The van der Waals surface area contributed by atoms with Gasteiger partial charge in [0.2, 0.25) is 0 Å². The lowest BCUT2D eigenvalue weighted by Crippen LogP contribution is -2.23. The average Bonchev–Trinajstić information content (AvgIpc) is 2.58. The Bertz CT molecular complexity index is 963. The maximum absolute atomic E-state index is 13.6. The normalized spacial score (nSPS) is 13.2. The molecule has 0 aromatic heterocycles. The van der Waals surface area contributed by atoms with E-state index in [1.807, 2.05) is 0 Å². The predicted molar refractivity (Wildman–Crippen MR) is 86.2 cm³/mol. The molecule has 0 aliphatic heterocycles. The number of sulfone groups is 1. The molecule has 146 valence electrons. The van der Waals surface area contributed by atoms with Crippen LogP contribution in [0.15, 0.2) is 47.4 Å². The molecule has 0 aliphatic carbocycles. The first-order valence-electron chi connectivity index (χ1n) is 7.21. The van der Waals surface area contributed by atoms with Crippen LogP contribution in [-0.2, 0) is 9.84 Å². The third kappa shape index (κ3) is 4.34. The van der Waals surface area contributed by atoms with Gasteiger partial charge in [-0.2, -0.15) is 13.2 Å². The van der Waals surface area contributed by atoms with Crippen LogP contribution in [0.3, 0.4) is 0 Å². The van der Waals surface area contributed by atoms with Gasteiger partial charge in [-0.1, -0.05) is 18.2 Å². The maximum atomic E-state index is 13.6. The first-order valence-corrected chi connectivity index (χ1v) is 8.69. The van der Waals surface area contributed by atoms with Crippen LogP contribution < -0.4 is 5.32 Å². The molecule has 0 saturated heterocycles. The van der Waals surface area contributed by atoms with Crippen molar-refractivity contribution in [3.05, 3.63) is 64.0 Å². The monoisotopic (exact) mass is 408 g/mol. The number of anilines is 1. The van der Waals surface area contributed by atoms with Gasteiger partial charge >= 0.3 is 5.51 Å². The van der Waals surface area contributed by atoms with E-state index in [0.717, 1.165) is 12.1 Å². The number of alkyl halides is 3. The molecule has 0 radical (unpaired) electrons. The van der Waals surface area contributed by atoms with E-state index < -0.39 is 49.3 Å². The summed E-state index contributed by atoms with van der Waals surface area (Å²) < 4.78 is 74.1. The fraction of sp³-hybridized carbons (Fsp3) is 0.200. The summed E-state index contributed by atoms with van der Waals surface area (Å²) in [4.78, 5) is 8.72. The second-order valence-corrected chi connectivity index (χ2v) is 7.24. The van der Waals surface area contributed by atoms with E-state index in [-0.39, 0.29) is 17.3 Å². The standard InChI is InChI=1S/C15H12F4N2O5S/c16-11-4-2-1-3-10(11)14(22)8-20-12-6-5-9(7-13(12)21(23)24)27(25,26)15(17,18)19/h1-7,14,20,22H,8H2/t14-/m0/s1. The molecular weight excluding hydrogens is 396 g/mol. The lowest BCUT2D eigenvalue weighted by molar-refractivity contribution is -0.384. The number of halogens is 4. The minimum atomic E-state index is -5.76. The highest BCUT2D eigenvalue weighted by molar-refractivity contribution is 7.92. The van der Waals surface area contributed by atoms with Crippen LogP contribution in [0.2, 0.25) is 0 Å². The molecule has 0 saturated carbocycles. The third-order valence-corrected chi connectivity index (χ3v) is 5.01. The molecule has 0 unspecified atom stereocenters. The van der Waals surface area contributed by atoms with Gasteiger partial charge in [0, 0.05) is 18.2 Å². The summed E-state index contributed by atoms with van der Waals surface area (Å²) in [5, 5.41) is 23.5. The number of nitrogens with zero attached hydrogens (tertiary/aromatic N) is 1. The van der Waals surface area contributed by atoms with Crippen molar-refractivity contribution in [3.63, 3.8) is 0 Å². The summed E-state index contributed by atoms with van der Waals surface area (Å²) in [5.74, 6) is -0.715. The largest absolute Gasteiger partial charge is 0.501 e. The summed E-state index contributed by atoms with van der Waals surface area (Å²) in [6, 6.07) is 6.82. The van der Waals surface area contributed by atoms with Gasteiger partial charge in [0.05, 0.1) is 15.9 Å². The van der Waals surface area contributed by atoms with Gasteiger partial charge in [-0.3, -0.25) is 10.1 Å². The lowest BCUT2D eigenvalue weighted by atomic mass is 10.1. The molecule has 0 amide bonds. The highest BCUT2D eigenvalue weighted by Gasteiger charge is 2.47. The second-order valence-electron chi connectivity index (χ2n) is 5.30. The molecular formula is C15H12F4N2O5S. The van der Waals surface area contributed by atoms with Crippen molar-refractivity contribution >= 4 is 21.2 Å². The molecule has 1 atom stereocenters. The Morgan fingerprint density at radius 2 is 1.81 bits per heavy atom. The Morgan fingerprint density at radius 1 is 1.19 bits per heavy atom. The smallest absolute Gasteiger partial charge is 0.386 e. The first kappa shape index (κ1) is 20.6. The summed E-state index contributed by atoms with van der Waals surface area (Å²) in [6.07, 6.45) is -1.41. The fourth-order valence-corrected chi connectivity index (χ4v) is 2.96. The first-order chi connectivity index (χ1) is 12.4. The Kier molecular flexibility index (Phi) is 5.70. The second kappa shape index (κ2) is 7.48. The molecule has 0 bridgehead atoms. The number of nitro benzene ring substituents is 1. The maximum Gasteiger partial charge on any atom is 0.501 e. The van der Waals surface area contributed by atoms with Crippen molar-refractivity contribution in [2.45, 2.75) is 16.5 Å². The van der Waals surface area contributed by atoms with Gasteiger partial charge in [-0.05, 0) is 18.2 Å². The van der Waals surface area contributed by atoms with Crippen LogP contribution >= 0.6 is 0 Å². The van der Waals surface area contributed by atoms with Crippen molar-refractivity contribution in [3.8, 4) is 0 Å². The molecule has 27 heavy (non-hydrogen) atoms. The zero-order chi connectivity index (χ0) is 20.4. The van der Waals surface area contributed by atoms with E-state index in [9.17, 15) is 41.2 Å². The Hall–Kier alpha value is -2.73. The number of nitrogens with one attached hydrogen (secondary N) is 1. The number of rotatable bonds is 6. The van der Waals surface area contributed by atoms with Gasteiger partial charge in [0.1, 0.15) is 11.5 Å². The number of benzene rings is 2. The van der Waals surface area contributed by atoms with E-state index in [0.29, 0.717) is 6.07 Å².